The second-order valence-corrected chi connectivity index (χ2v) is 16.7. The van der Waals surface area contributed by atoms with E-state index < -0.39 is 17.4 Å². The topological polar surface area (TPSA) is 177 Å². The zero-order valence-electron chi connectivity index (χ0n) is 39.8. The molecule has 0 aromatic heterocycles. The van der Waals surface area contributed by atoms with Gasteiger partial charge >= 0.3 is 23.9 Å². The lowest BCUT2D eigenvalue weighted by molar-refractivity contribution is -0.157. The van der Waals surface area contributed by atoms with Gasteiger partial charge in [-0.05, 0) is 71.3 Å². The predicted molar refractivity (Wildman–Crippen MR) is 271 cm³/mol. The number of hydrogen-bond donors (Lipinski definition) is 2. The summed E-state index contributed by atoms with van der Waals surface area (Å²) in [6, 6.07) is 0. The van der Waals surface area contributed by atoms with Gasteiger partial charge in [0.15, 0.2) is 0 Å². The van der Waals surface area contributed by atoms with Crippen molar-refractivity contribution in [1.29, 1.82) is 0 Å². The first kappa shape index (κ1) is 75.6. The van der Waals surface area contributed by atoms with Crippen molar-refractivity contribution in [2.45, 2.75) is 212 Å². The molecule has 1 aliphatic rings. The molecule has 388 valence electrons. The van der Waals surface area contributed by atoms with E-state index in [1.54, 1.807) is 40.0 Å². The van der Waals surface area contributed by atoms with E-state index in [0.717, 1.165) is 90.3 Å². The van der Waals surface area contributed by atoms with Crippen molar-refractivity contribution >= 4 is 35.7 Å². The molecule has 0 aliphatic carbocycles. The van der Waals surface area contributed by atoms with Gasteiger partial charge in [-0.3, -0.25) is 24.0 Å². The molecule has 0 aromatic rings. The van der Waals surface area contributed by atoms with Crippen LogP contribution < -0.4 is 0 Å². The zero-order valence-corrected chi connectivity index (χ0v) is 39.8. The first-order valence-corrected chi connectivity index (χ1v) is 22.9. The molecule has 65 heavy (non-hydrogen) atoms. The maximum absolute atomic E-state index is 12.5. The molecule has 0 saturated carbocycles. The Bertz CT molecular complexity index is 1190. The number of nitrogens with zero attached hydrogens (tertiary/aromatic N) is 2. The van der Waals surface area contributed by atoms with Crippen molar-refractivity contribution < 1.29 is 53.2 Å². The van der Waals surface area contributed by atoms with E-state index in [2.05, 4.69) is 13.2 Å². The highest BCUT2D eigenvalue weighted by Gasteiger charge is 2.36. The summed E-state index contributed by atoms with van der Waals surface area (Å²) in [5.41, 5.74) is -0.168. The fourth-order valence-corrected chi connectivity index (χ4v) is 6.13. The number of hydrogen-bond acceptors (Lipinski definition) is 9. The van der Waals surface area contributed by atoms with Gasteiger partial charge in [-0.2, -0.15) is 0 Å². The Morgan fingerprint density at radius 1 is 0.646 bits per heavy atom. The molecule has 2 N–H and O–H groups in total. The smallest absolute Gasteiger partial charge is 0.333 e. The van der Waals surface area contributed by atoms with Crippen LogP contribution in [0.3, 0.4) is 0 Å². The van der Waals surface area contributed by atoms with Gasteiger partial charge in [-0.25, -0.2) is 4.79 Å². The van der Waals surface area contributed by atoms with Gasteiger partial charge in [-0.1, -0.05) is 147 Å². The van der Waals surface area contributed by atoms with E-state index in [0.29, 0.717) is 38.0 Å². The van der Waals surface area contributed by atoms with Crippen LogP contribution in [0.4, 0.5) is 0 Å². The van der Waals surface area contributed by atoms with Crippen molar-refractivity contribution in [1.82, 2.24) is 9.80 Å². The number of carboxylic acid groups (broad SMARTS) is 2. The summed E-state index contributed by atoms with van der Waals surface area (Å²) in [6.45, 7) is 17.1. The quantitative estimate of drug-likeness (QED) is 0.0384. The Morgan fingerprint density at radius 3 is 1.26 bits per heavy atom. The number of carbonyl (C=O) groups excluding carboxylic acids is 4. The van der Waals surface area contributed by atoms with Gasteiger partial charge < -0.3 is 34.2 Å². The lowest BCUT2D eigenvalue weighted by atomic mass is 9.79. The molecule has 0 radical (unpaired) electrons. The number of amides is 2. The molecule has 0 bridgehead atoms. The highest BCUT2D eigenvalue weighted by atomic mass is 16.5. The van der Waals surface area contributed by atoms with Crippen LogP contribution in [-0.2, 0) is 43.0 Å². The molecular weight excluding hydrogens is 829 g/mol. The van der Waals surface area contributed by atoms with E-state index >= 15 is 0 Å². The van der Waals surface area contributed by atoms with Gasteiger partial charge in [0, 0.05) is 65.7 Å². The van der Waals surface area contributed by atoms with Gasteiger partial charge in [0.25, 0.3) is 0 Å². The standard InChI is InChI=1S/C23H43NO5.C16H28O4.C5H9NO.C4H8O.4CH4/c1-6-23(3,18-19(2)21(27)24(4)5)22(28)29-17-15-13-11-9-7-8-10-12-14-16-20(25)26;1-14(2)16(19)20-13-11-9-7-5-3-4-6-8-10-12-15(17)18;1-4-5(7)6(2)3;1-2-4-5-3-1;;;;/h19H,6-18H2,1-5H3,(H,25,26);1,3-13H2,2H3,(H,17,18);4H,1H2,2-3H3;1-4H2;4*1H4. The summed E-state index contributed by atoms with van der Waals surface area (Å²) in [7, 11) is 6.84. The number of aliphatic carboxylic acids is 2. The lowest BCUT2D eigenvalue weighted by Gasteiger charge is -2.29. The van der Waals surface area contributed by atoms with Crippen molar-refractivity contribution in [2.24, 2.45) is 11.3 Å². The number of carbonyl (C=O) groups is 6. The predicted octanol–water partition coefficient (Wildman–Crippen LogP) is 12.7. The van der Waals surface area contributed by atoms with E-state index in [1.165, 1.54) is 62.3 Å². The van der Waals surface area contributed by atoms with Crippen molar-refractivity contribution in [2.75, 3.05) is 54.6 Å². The first-order valence-electron chi connectivity index (χ1n) is 22.9. The first-order chi connectivity index (χ1) is 28.9. The second-order valence-electron chi connectivity index (χ2n) is 16.7. The fourth-order valence-electron chi connectivity index (χ4n) is 6.13. The second kappa shape index (κ2) is 51.2. The number of likely N-dealkylation sites (N-methyl/N-ethyl adjacent to an activating group) is 1. The molecule has 2 unspecified atom stereocenters. The third-order valence-electron chi connectivity index (χ3n) is 10.2. The maximum atomic E-state index is 12.5. The van der Waals surface area contributed by atoms with Crippen LogP contribution in [0.1, 0.15) is 212 Å². The Balaban J connectivity index is -0.000000161. The minimum Gasteiger partial charge on any atom is -0.481 e. The number of unbranched alkanes of at least 4 members (excludes halogenated alkanes) is 16. The summed E-state index contributed by atoms with van der Waals surface area (Å²) in [5.74, 6) is -2.11. The monoisotopic (exact) mass is 933 g/mol. The molecule has 2 amide bonds. The molecule has 13 heteroatoms. The van der Waals surface area contributed by atoms with Gasteiger partial charge in [0.2, 0.25) is 11.8 Å². The van der Waals surface area contributed by atoms with Gasteiger partial charge in [0.05, 0.1) is 18.6 Å². The Labute approximate surface area is 399 Å². The zero-order chi connectivity index (χ0) is 46.9. The molecule has 0 aromatic carbocycles. The minimum absolute atomic E-state index is 0. The van der Waals surface area contributed by atoms with Crippen LogP contribution in [-0.4, -0.2) is 110 Å². The van der Waals surface area contributed by atoms with Crippen LogP contribution >= 0.6 is 0 Å². The molecule has 0 spiro atoms. The normalized spacial score (nSPS) is 12.1. The van der Waals surface area contributed by atoms with Crippen LogP contribution in [0.15, 0.2) is 24.8 Å². The molecular formula is C52H104N2O11. The Morgan fingerprint density at radius 2 is 1.00 bits per heavy atom. The number of carboxylic acids is 2. The van der Waals surface area contributed by atoms with Crippen molar-refractivity contribution in [3.8, 4) is 0 Å². The van der Waals surface area contributed by atoms with Crippen LogP contribution in [0.2, 0.25) is 0 Å². The maximum Gasteiger partial charge on any atom is 0.333 e. The van der Waals surface area contributed by atoms with Gasteiger partial charge in [-0.15, -0.1) is 0 Å². The third-order valence-corrected chi connectivity index (χ3v) is 10.2. The third kappa shape index (κ3) is 51.1. The molecule has 1 rings (SSSR count). The molecule has 1 heterocycles. The highest BCUT2D eigenvalue weighted by Crippen LogP contribution is 2.32. The summed E-state index contributed by atoms with van der Waals surface area (Å²) in [6.07, 6.45) is 24.7. The van der Waals surface area contributed by atoms with E-state index in [4.69, 9.17) is 24.4 Å². The van der Waals surface area contributed by atoms with E-state index in [-0.39, 0.29) is 65.8 Å². The number of rotatable bonds is 31. The van der Waals surface area contributed by atoms with Crippen molar-refractivity contribution in [3.05, 3.63) is 24.8 Å². The Hall–Kier alpha value is -3.74. The average molecular weight is 933 g/mol. The molecule has 1 saturated heterocycles. The Kier molecular flexibility index (Phi) is 59.6. The van der Waals surface area contributed by atoms with E-state index in [1.807, 2.05) is 20.8 Å². The molecule has 13 nitrogen and oxygen atoms in total. The SMILES string of the molecule is C.C.C.C.C1CCOC1.C=C(C)C(=O)OCCCCCCCCCCCC(=O)O.C=CC(=O)N(C)C.CCC(C)(CC(C)C(=O)N(C)C)C(=O)OCCCCCCCCCCCC(=O)O. The molecule has 1 aliphatic heterocycles. The van der Waals surface area contributed by atoms with Gasteiger partial charge in [0.1, 0.15) is 0 Å². The van der Waals surface area contributed by atoms with Crippen LogP contribution in [0, 0.1) is 11.3 Å². The summed E-state index contributed by atoms with van der Waals surface area (Å²) in [5, 5.41) is 17.1. The number of ether oxygens (including phenoxy) is 3. The fraction of sp³-hybridized carbons (Fsp3) is 0.808. The van der Waals surface area contributed by atoms with Crippen LogP contribution in [0.5, 0.6) is 0 Å². The van der Waals surface area contributed by atoms with Crippen LogP contribution in [0.25, 0.3) is 0 Å². The van der Waals surface area contributed by atoms with Crippen molar-refractivity contribution in [3.63, 3.8) is 0 Å². The van der Waals surface area contributed by atoms with E-state index in [9.17, 15) is 28.8 Å². The average Bonchev–Trinajstić information content (AvgIpc) is 3.81. The number of esters is 2. The molecule has 2 atom stereocenters. The largest absolute Gasteiger partial charge is 0.481 e. The highest BCUT2D eigenvalue weighted by molar-refractivity contribution is 5.87. The summed E-state index contributed by atoms with van der Waals surface area (Å²) >= 11 is 0. The summed E-state index contributed by atoms with van der Waals surface area (Å²) < 4.78 is 15.5. The lowest BCUT2D eigenvalue weighted by Crippen LogP contribution is -2.36. The molecule has 1 fully saturated rings. The minimum atomic E-state index is -0.707. The summed E-state index contributed by atoms with van der Waals surface area (Å²) in [4.78, 5) is 69.8.